The minimum absolute atomic E-state index is 0.173. The normalized spacial score (nSPS) is 12.5. The van der Waals surface area contributed by atoms with Crippen molar-refractivity contribution in [3.63, 3.8) is 0 Å². The number of ether oxygens (including phenoxy) is 1. The van der Waals surface area contributed by atoms with Gasteiger partial charge in [-0.15, -0.1) is 0 Å². The lowest BCUT2D eigenvalue weighted by Crippen LogP contribution is -2.33. The van der Waals surface area contributed by atoms with Crippen LogP contribution in [0.25, 0.3) is 0 Å². The molecule has 0 bridgehead atoms. The summed E-state index contributed by atoms with van der Waals surface area (Å²) < 4.78 is 30.1. The van der Waals surface area contributed by atoms with E-state index in [4.69, 9.17) is 4.74 Å². The van der Waals surface area contributed by atoms with Gasteiger partial charge in [0.2, 0.25) is 5.91 Å². The standard InChI is InChI=1S/C18H21NO4S/c1-13-9-10-17(23-3)16(11-13)19-18(20)14(2)24(21,22)12-15-7-5-4-6-8-15/h4-11,14H,12H2,1-3H3,(H,19,20). The number of sulfone groups is 1. The van der Waals surface area contributed by atoms with Crippen LogP contribution < -0.4 is 10.1 Å². The van der Waals surface area contributed by atoms with Crippen molar-refractivity contribution in [3.8, 4) is 5.75 Å². The predicted molar refractivity (Wildman–Crippen MR) is 94.9 cm³/mol. The van der Waals surface area contributed by atoms with E-state index in [0.29, 0.717) is 17.0 Å². The van der Waals surface area contributed by atoms with Crippen molar-refractivity contribution in [1.29, 1.82) is 0 Å². The van der Waals surface area contributed by atoms with Crippen molar-refractivity contribution in [2.24, 2.45) is 0 Å². The Balaban J connectivity index is 2.16. The Labute approximate surface area is 142 Å². The van der Waals surface area contributed by atoms with Gasteiger partial charge in [-0.1, -0.05) is 36.4 Å². The maximum absolute atomic E-state index is 12.5. The molecule has 2 aromatic rings. The Morgan fingerprint density at radius 1 is 1.17 bits per heavy atom. The summed E-state index contributed by atoms with van der Waals surface area (Å²) in [4.78, 5) is 12.4. The van der Waals surface area contributed by atoms with Gasteiger partial charge in [-0.25, -0.2) is 8.42 Å². The minimum Gasteiger partial charge on any atom is -0.495 e. The maximum Gasteiger partial charge on any atom is 0.242 e. The van der Waals surface area contributed by atoms with Crippen molar-refractivity contribution in [1.82, 2.24) is 0 Å². The van der Waals surface area contributed by atoms with E-state index in [0.717, 1.165) is 5.56 Å². The van der Waals surface area contributed by atoms with E-state index in [2.05, 4.69) is 5.32 Å². The maximum atomic E-state index is 12.5. The van der Waals surface area contributed by atoms with Crippen LogP contribution in [-0.4, -0.2) is 26.7 Å². The molecule has 0 radical (unpaired) electrons. The third-order valence-electron chi connectivity index (χ3n) is 3.73. The molecule has 0 aliphatic carbocycles. The van der Waals surface area contributed by atoms with E-state index >= 15 is 0 Å². The second-order valence-electron chi connectivity index (χ2n) is 5.63. The molecule has 1 unspecified atom stereocenters. The van der Waals surface area contributed by atoms with Crippen LogP contribution in [0.15, 0.2) is 48.5 Å². The van der Waals surface area contributed by atoms with Gasteiger partial charge >= 0.3 is 0 Å². The first-order chi connectivity index (χ1) is 11.3. The number of hydrogen-bond donors (Lipinski definition) is 1. The molecule has 0 saturated heterocycles. The first-order valence-electron chi connectivity index (χ1n) is 7.54. The van der Waals surface area contributed by atoms with Gasteiger partial charge in [0.25, 0.3) is 0 Å². The topological polar surface area (TPSA) is 72.5 Å². The lowest BCUT2D eigenvalue weighted by atomic mass is 10.2. The Hall–Kier alpha value is -2.34. The van der Waals surface area contributed by atoms with Crippen LogP contribution in [0.4, 0.5) is 5.69 Å². The zero-order valence-electron chi connectivity index (χ0n) is 13.9. The molecule has 2 rings (SSSR count). The molecule has 0 saturated carbocycles. The molecule has 5 nitrogen and oxygen atoms in total. The zero-order valence-corrected chi connectivity index (χ0v) is 14.8. The van der Waals surface area contributed by atoms with E-state index in [-0.39, 0.29) is 5.75 Å². The number of rotatable bonds is 6. The first kappa shape index (κ1) is 18.0. The van der Waals surface area contributed by atoms with Gasteiger partial charge < -0.3 is 10.1 Å². The molecule has 0 fully saturated rings. The molecule has 2 aromatic carbocycles. The minimum atomic E-state index is -3.62. The smallest absolute Gasteiger partial charge is 0.242 e. The summed E-state index contributed by atoms with van der Waals surface area (Å²) in [5.74, 6) is -0.260. The molecule has 1 atom stereocenters. The van der Waals surface area contributed by atoms with Crippen LogP contribution in [0.1, 0.15) is 18.1 Å². The molecule has 0 spiro atoms. The van der Waals surface area contributed by atoms with Gasteiger partial charge in [-0.3, -0.25) is 4.79 Å². The molecule has 1 N–H and O–H groups in total. The van der Waals surface area contributed by atoms with Gasteiger partial charge in [0.05, 0.1) is 18.6 Å². The van der Waals surface area contributed by atoms with Crippen molar-refractivity contribution in [2.75, 3.05) is 12.4 Å². The van der Waals surface area contributed by atoms with Gasteiger partial charge in [0, 0.05) is 0 Å². The Morgan fingerprint density at radius 3 is 2.46 bits per heavy atom. The van der Waals surface area contributed by atoms with Gasteiger partial charge in [0.15, 0.2) is 9.84 Å². The predicted octanol–water partition coefficient (Wildman–Crippen LogP) is 2.95. The highest BCUT2D eigenvalue weighted by molar-refractivity contribution is 7.92. The van der Waals surface area contributed by atoms with E-state index in [9.17, 15) is 13.2 Å². The summed E-state index contributed by atoms with van der Waals surface area (Å²) in [5, 5.41) is 1.49. The lowest BCUT2D eigenvalue weighted by Gasteiger charge is -2.15. The molecule has 6 heteroatoms. The second kappa shape index (κ2) is 7.49. The average molecular weight is 347 g/mol. The van der Waals surface area contributed by atoms with Crippen LogP contribution in [0.5, 0.6) is 5.75 Å². The van der Waals surface area contributed by atoms with Crippen molar-refractivity contribution in [2.45, 2.75) is 24.9 Å². The lowest BCUT2D eigenvalue weighted by molar-refractivity contribution is -0.115. The fourth-order valence-corrected chi connectivity index (χ4v) is 3.54. The van der Waals surface area contributed by atoms with Crippen LogP contribution in [0.2, 0.25) is 0 Å². The SMILES string of the molecule is COc1ccc(C)cc1NC(=O)C(C)S(=O)(=O)Cc1ccccc1. The molecule has 1 amide bonds. The number of nitrogens with one attached hydrogen (secondary N) is 1. The van der Waals surface area contributed by atoms with Crippen LogP contribution >= 0.6 is 0 Å². The first-order valence-corrected chi connectivity index (χ1v) is 9.26. The summed E-state index contributed by atoms with van der Waals surface area (Å²) in [5.41, 5.74) is 2.06. The average Bonchev–Trinajstić information content (AvgIpc) is 2.55. The molecule has 0 heterocycles. The van der Waals surface area contributed by atoms with Gasteiger partial charge in [-0.05, 0) is 37.1 Å². The molecular weight excluding hydrogens is 326 g/mol. The Bertz CT molecular complexity index is 816. The molecule has 0 aliphatic rings. The van der Waals surface area contributed by atoms with E-state index < -0.39 is 21.0 Å². The number of carbonyl (C=O) groups is 1. The molecule has 128 valence electrons. The van der Waals surface area contributed by atoms with Gasteiger partial charge in [0.1, 0.15) is 11.0 Å². The molecule has 24 heavy (non-hydrogen) atoms. The van der Waals surface area contributed by atoms with Crippen LogP contribution in [0, 0.1) is 6.92 Å². The third kappa shape index (κ3) is 4.35. The number of carbonyl (C=O) groups excluding carboxylic acids is 1. The van der Waals surface area contributed by atoms with Crippen LogP contribution in [-0.2, 0) is 20.4 Å². The Morgan fingerprint density at radius 2 is 1.83 bits per heavy atom. The summed E-state index contributed by atoms with van der Waals surface area (Å²) in [6.07, 6.45) is 0. The summed E-state index contributed by atoms with van der Waals surface area (Å²) in [7, 11) is -2.12. The highest BCUT2D eigenvalue weighted by atomic mass is 32.2. The van der Waals surface area contributed by atoms with Crippen LogP contribution in [0.3, 0.4) is 0 Å². The van der Waals surface area contributed by atoms with Crippen molar-refractivity contribution < 1.29 is 17.9 Å². The largest absolute Gasteiger partial charge is 0.495 e. The highest BCUT2D eigenvalue weighted by Gasteiger charge is 2.28. The third-order valence-corrected chi connectivity index (χ3v) is 5.76. The molecule has 0 aromatic heterocycles. The number of amides is 1. The number of aryl methyl sites for hydroxylation is 1. The van der Waals surface area contributed by atoms with E-state index in [1.54, 1.807) is 36.4 Å². The van der Waals surface area contributed by atoms with Crippen molar-refractivity contribution in [3.05, 3.63) is 59.7 Å². The summed E-state index contributed by atoms with van der Waals surface area (Å²) in [6, 6.07) is 14.1. The van der Waals surface area contributed by atoms with Gasteiger partial charge in [-0.2, -0.15) is 0 Å². The second-order valence-corrected chi connectivity index (χ2v) is 7.95. The summed E-state index contributed by atoms with van der Waals surface area (Å²) in [6.45, 7) is 3.28. The number of benzene rings is 2. The monoisotopic (exact) mass is 347 g/mol. The number of hydrogen-bond acceptors (Lipinski definition) is 4. The zero-order chi connectivity index (χ0) is 17.7. The molecule has 0 aliphatic heterocycles. The quantitative estimate of drug-likeness (QED) is 0.872. The highest BCUT2D eigenvalue weighted by Crippen LogP contribution is 2.26. The van der Waals surface area contributed by atoms with E-state index in [1.807, 2.05) is 19.1 Å². The molecular formula is C18H21NO4S. The van der Waals surface area contributed by atoms with Crippen molar-refractivity contribution >= 4 is 21.4 Å². The Kier molecular flexibility index (Phi) is 5.62. The summed E-state index contributed by atoms with van der Waals surface area (Å²) >= 11 is 0. The number of methoxy groups -OCH3 is 1. The fourth-order valence-electron chi connectivity index (χ4n) is 2.25. The van der Waals surface area contributed by atoms with E-state index in [1.165, 1.54) is 14.0 Å². The fraction of sp³-hybridized carbons (Fsp3) is 0.278. The number of anilines is 1.